The Morgan fingerprint density at radius 2 is 2.14 bits per heavy atom. The van der Waals surface area contributed by atoms with Gasteiger partial charge in [0.1, 0.15) is 12.2 Å². The quantitative estimate of drug-likeness (QED) is 0.882. The lowest BCUT2D eigenvalue weighted by Crippen LogP contribution is -2.25. The van der Waals surface area contributed by atoms with E-state index >= 15 is 0 Å². The molecule has 0 saturated heterocycles. The zero-order valence-electron chi connectivity index (χ0n) is 10.7. The molecule has 0 aliphatic heterocycles. The molecule has 0 aliphatic rings. The molecule has 7 heteroatoms. The van der Waals surface area contributed by atoms with Crippen molar-refractivity contribution in [3.8, 4) is 12.3 Å². The molecular weight excluding hydrogens is 300 g/mol. The van der Waals surface area contributed by atoms with Crippen molar-refractivity contribution in [1.29, 1.82) is 0 Å². The summed E-state index contributed by atoms with van der Waals surface area (Å²) < 4.78 is 27.0. The molecular formula is C14H10ClF2N3O. The number of terminal acetylenes is 1. The maximum atomic E-state index is 13.1. The smallest absolute Gasteiger partial charge is 0.292 e. The molecule has 0 atom stereocenters. The average Bonchev–Trinajstić information content (AvgIpc) is 2.46. The minimum absolute atomic E-state index is 0.00978. The normalized spacial score (nSPS) is 10.2. The first-order valence-electron chi connectivity index (χ1n) is 5.90. The molecule has 0 amide bonds. The van der Waals surface area contributed by atoms with Crippen LogP contribution in [0.25, 0.3) is 0 Å². The SMILES string of the molecule is C#CCn1ncc(Cl)c(NCc2ccc(F)c(F)c2)c1=O. The number of nitrogens with zero attached hydrogens (tertiary/aromatic N) is 2. The van der Waals surface area contributed by atoms with Crippen molar-refractivity contribution in [2.75, 3.05) is 5.32 Å². The minimum atomic E-state index is -0.958. The van der Waals surface area contributed by atoms with Crippen LogP contribution in [0.15, 0.2) is 29.2 Å². The third kappa shape index (κ3) is 3.38. The van der Waals surface area contributed by atoms with Crippen molar-refractivity contribution in [1.82, 2.24) is 9.78 Å². The lowest BCUT2D eigenvalue weighted by atomic mass is 10.2. The highest BCUT2D eigenvalue weighted by Gasteiger charge is 2.10. The van der Waals surface area contributed by atoms with Crippen molar-refractivity contribution in [2.45, 2.75) is 13.1 Å². The highest BCUT2D eigenvalue weighted by Crippen LogP contribution is 2.17. The molecule has 4 nitrogen and oxygen atoms in total. The van der Waals surface area contributed by atoms with Gasteiger partial charge in [0.25, 0.3) is 5.56 Å². The lowest BCUT2D eigenvalue weighted by molar-refractivity contribution is 0.507. The molecule has 21 heavy (non-hydrogen) atoms. The van der Waals surface area contributed by atoms with Gasteiger partial charge in [-0.25, -0.2) is 13.5 Å². The number of anilines is 1. The molecule has 0 spiro atoms. The summed E-state index contributed by atoms with van der Waals surface area (Å²) in [7, 11) is 0. The van der Waals surface area contributed by atoms with Crippen molar-refractivity contribution in [3.63, 3.8) is 0 Å². The number of hydrogen-bond donors (Lipinski definition) is 1. The van der Waals surface area contributed by atoms with E-state index in [2.05, 4.69) is 16.3 Å². The van der Waals surface area contributed by atoms with E-state index in [9.17, 15) is 13.6 Å². The molecule has 1 aromatic carbocycles. The summed E-state index contributed by atoms with van der Waals surface area (Å²) in [5.41, 5.74) is 0.0827. The third-order valence-corrected chi connectivity index (χ3v) is 2.98. The zero-order chi connectivity index (χ0) is 15.4. The van der Waals surface area contributed by atoms with Crippen LogP contribution in [0.1, 0.15) is 5.56 Å². The molecule has 0 radical (unpaired) electrons. The van der Waals surface area contributed by atoms with Crippen molar-refractivity contribution < 1.29 is 8.78 Å². The summed E-state index contributed by atoms with van der Waals surface area (Å²) in [4.78, 5) is 12.0. The molecule has 0 saturated carbocycles. The molecule has 2 rings (SSSR count). The van der Waals surface area contributed by atoms with E-state index in [-0.39, 0.29) is 23.8 Å². The summed E-state index contributed by atoms with van der Waals surface area (Å²) in [5, 5.41) is 6.69. The molecule has 1 aromatic heterocycles. The molecule has 108 valence electrons. The summed E-state index contributed by atoms with van der Waals surface area (Å²) in [6.45, 7) is 0.113. The number of halogens is 3. The molecule has 0 unspecified atom stereocenters. The van der Waals surface area contributed by atoms with Gasteiger partial charge in [0.05, 0.1) is 11.2 Å². The van der Waals surface area contributed by atoms with E-state index in [0.717, 1.165) is 16.8 Å². The van der Waals surface area contributed by atoms with Crippen LogP contribution in [0.4, 0.5) is 14.5 Å². The van der Waals surface area contributed by atoms with Crippen LogP contribution < -0.4 is 10.9 Å². The fraction of sp³-hybridized carbons (Fsp3) is 0.143. The Morgan fingerprint density at radius 1 is 1.38 bits per heavy atom. The van der Waals surface area contributed by atoms with Gasteiger partial charge in [0, 0.05) is 6.54 Å². The lowest BCUT2D eigenvalue weighted by Gasteiger charge is -2.09. The average molecular weight is 310 g/mol. The van der Waals surface area contributed by atoms with Crippen molar-refractivity contribution >= 4 is 17.3 Å². The first-order chi connectivity index (χ1) is 10.0. The highest BCUT2D eigenvalue weighted by molar-refractivity contribution is 6.32. The van der Waals surface area contributed by atoms with Crippen LogP contribution in [0.5, 0.6) is 0 Å². The molecule has 1 heterocycles. The standard InChI is InChI=1S/C14H10ClF2N3O/c1-2-5-20-14(21)13(10(15)8-19-20)18-7-9-3-4-11(16)12(17)6-9/h1,3-4,6,8,18H,5,7H2. The van der Waals surface area contributed by atoms with Gasteiger partial charge in [-0.05, 0) is 17.7 Å². The molecule has 1 N–H and O–H groups in total. The maximum Gasteiger partial charge on any atom is 0.292 e. The Kier molecular flexibility index (Phi) is 4.55. The van der Waals surface area contributed by atoms with Crippen LogP contribution in [-0.4, -0.2) is 9.78 Å². The first-order valence-corrected chi connectivity index (χ1v) is 6.27. The van der Waals surface area contributed by atoms with E-state index in [1.54, 1.807) is 0 Å². The van der Waals surface area contributed by atoms with Gasteiger partial charge in [0.2, 0.25) is 0 Å². The largest absolute Gasteiger partial charge is 0.375 e. The summed E-state index contributed by atoms with van der Waals surface area (Å²) in [6, 6.07) is 3.45. The van der Waals surface area contributed by atoms with Gasteiger partial charge in [0.15, 0.2) is 11.6 Å². The highest BCUT2D eigenvalue weighted by atomic mass is 35.5. The van der Waals surface area contributed by atoms with E-state index in [1.165, 1.54) is 12.3 Å². The second kappa shape index (κ2) is 6.37. The van der Waals surface area contributed by atoms with E-state index < -0.39 is 17.2 Å². The van der Waals surface area contributed by atoms with Gasteiger partial charge in [-0.2, -0.15) is 5.10 Å². The Hall–Kier alpha value is -2.39. The molecule has 2 aromatic rings. The first kappa shape index (κ1) is 15.0. The van der Waals surface area contributed by atoms with Crippen LogP contribution in [0, 0.1) is 24.0 Å². The number of nitrogens with one attached hydrogen (secondary N) is 1. The van der Waals surface area contributed by atoms with E-state index in [4.69, 9.17) is 18.0 Å². The Morgan fingerprint density at radius 3 is 2.81 bits per heavy atom. The third-order valence-electron chi connectivity index (χ3n) is 2.69. The number of hydrogen-bond acceptors (Lipinski definition) is 3. The van der Waals surface area contributed by atoms with Crippen LogP contribution in [0.2, 0.25) is 5.02 Å². The van der Waals surface area contributed by atoms with Gasteiger partial charge in [-0.3, -0.25) is 4.79 Å². The predicted octanol–water partition coefficient (Wildman–Crippen LogP) is 2.42. The maximum absolute atomic E-state index is 13.1. The molecule has 0 bridgehead atoms. The fourth-order valence-corrected chi connectivity index (χ4v) is 1.86. The van der Waals surface area contributed by atoms with Crippen LogP contribution >= 0.6 is 11.6 Å². The fourth-order valence-electron chi connectivity index (χ4n) is 1.67. The predicted molar refractivity (Wildman–Crippen MR) is 76.0 cm³/mol. The van der Waals surface area contributed by atoms with Crippen molar-refractivity contribution in [2.24, 2.45) is 0 Å². The monoisotopic (exact) mass is 309 g/mol. The topological polar surface area (TPSA) is 46.9 Å². The Balaban J connectivity index is 2.23. The van der Waals surface area contributed by atoms with Gasteiger partial charge in [-0.1, -0.05) is 23.6 Å². The summed E-state index contributed by atoms with van der Waals surface area (Å²) in [6.07, 6.45) is 6.42. The van der Waals surface area contributed by atoms with Crippen molar-refractivity contribution in [3.05, 3.63) is 57.0 Å². The number of benzene rings is 1. The summed E-state index contributed by atoms with van der Waals surface area (Å²) >= 11 is 5.90. The Labute approximate surface area is 124 Å². The van der Waals surface area contributed by atoms with E-state index in [1.807, 2.05) is 0 Å². The van der Waals surface area contributed by atoms with Gasteiger partial charge < -0.3 is 5.32 Å². The second-order valence-corrected chi connectivity index (χ2v) is 4.54. The van der Waals surface area contributed by atoms with Crippen LogP contribution in [0.3, 0.4) is 0 Å². The van der Waals surface area contributed by atoms with Gasteiger partial charge in [-0.15, -0.1) is 6.42 Å². The molecule has 0 fully saturated rings. The van der Waals surface area contributed by atoms with Gasteiger partial charge >= 0.3 is 0 Å². The number of aromatic nitrogens is 2. The second-order valence-electron chi connectivity index (χ2n) is 4.14. The zero-order valence-corrected chi connectivity index (χ0v) is 11.5. The number of rotatable bonds is 4. The Bertz CT molecular complexity index is 768. The molecule has 0 aliphatic carbocycles. The minimum Gasteiger partial charge on any atom is -0.375 e. The summed E-state index contributed by atoms with van der Waals surface area (Å²) in [5.74, 6) is 0.406. The van der Waals surface area contributed by atoms with E-state index in [0.29, 0.717) is 5.56 Å². The van der Waals surface area contributed by atoms with Crippen LogP contribution in [-0.2, 0) is 13.1 Å².